The molecule has 0 fully saturated rings. The van der Waals surface area contributed by atoms with Gasteiger partial charge in [0.15, 0.2) is 0 Å². The Bertz CT molecular complexity index is 448. The smallest absolute Gasteiger partial charge is 0.238 e. The molecule has 0 heterocycles. The van der Waals surface area contributed by atoms with Gasteiger partial charge in [-0.2, -0.15) is 0 Å². The maximum absolute atomic E-state index is 11.8. The fourth-order valence-electron chi connectivity index (χ4n) is 1.93. The van der Waals surface area contributed by atoms with Crippen molar-refractivity contribution < 1.29 is 9.53 Å². The molecule has 4 heteroatoms. The van der Waals surface area contributed by atoms with Crippen molar-refractivity contribution in [1.82, 2.24) is 10.4 Å². The monoisotopic (exact) mass is 264 g/mol. The van der Waals surface area contributed by atoms with E-state index in [0.717, 1.165) is 16.9 Å². The normalized spacial score (nSPS) is 11.5. The van der Waals surface area contributed by atoms with E-state index >= 15 is 0 Å². The van der Waals surface area contributed by atoms with E-state index in [-0.39, 0.29) is 11.3 Å². The molecule has 0 aromatic heterocycles. The predicted molar refractivity (Wildman–Crippen MR) is 77.2 cm³/mol. The molecule has 0 radical (unpaired) electrons. The van der Waals surface area contributed by atoms with E-state index in [2.05, 4.69) is 26.2 Å². The van der Waals surface area contributed by atoms with E-state index in [1.54, 1.807) is 26.2 Å². The van der Waals surface area contributed by atoms with Gasteiger partial charge in [0.05, 0.1) is 13.5 Å². The number of ether oxygens (including phenoxy) is 1. The third-order valence-corrected chi connectivity index (χ3v) is 2.78. The van der Waals surface area contributed by atoms with Crippen molar-refractivity contribution in [1.29, 1.82) is 0 Å². The zero-order valence-corrected chi connectivity index (χ0v) is 12.7. The first-order chi connectivity index (χ1) is 8.74. The fraction of sp³-hybridized carbons (Fsp3) is 0.533. The molecule has 0 spiro atoms. The number of methoxy groups -OCH3 is 1. The Hall–Kier alpha value is -1.55. The average Bonchev–Trinajstić information content (AvgIpc) is 2.26. The highest BCUT2D eigenvalue weighted by Gasteiger charge is 2.19. The number of hydrogen-bond donors (Lipinski definition) is 1. The molecular formula is C15H24N2O2. The van der Waals surface area contributed by atoms with Crippen molar-refractivity contribution in [2.24, 2.45) is 0 Å². The van der Waals surface area contributed by atoms with Crippen LogP contribution in [0.5, 0.6) is 5.75 Å². The van der Waals surface area contributed by atoms with E-state index in [1.807, 2.05) is 18.2 Å². The Morgan fingerprint density at radius 3 is 2.42 bits per heavy atom. The summed E-state index contributed by atoms with van der Waals surface area (Å²) in [5.41, 5.74) is 4.83. The van der Waals surface area contributed by atoms with Crippen molar-refractivity contribution >= 4 is 5.91 Å². The van der Waals surface area contributed by atoms with E-state index in [4.69, 9.17) is 4.74 Å². The second kappa shape index (κ2) is 6.06. The van der Waals surface area contributed by atoms with Gasteiger partial charge in [-0.05, 0) is 22.6 Å². The Morgan fingerprint density at radius 1 is 1.32 bits per heavy atom. The molecule has 4 nitrogen and oxygen atoms in total. The van der Waals surface area contributed by atoms with Crippen LogP contribution in [0, 0.1) is 0 Å². The lowest BCUT2D eigenvalue weighted by Crippen LogP contribution is -2.37. The van der Waals surface area contributed by atoms with Crippen LogP contribution in [0.3, 0.4) is 0 Å². The van der Waals surface area contributed by atoms with E-state index in [0.29, 0.717) is 6.42 Å². The highest BCUT2D eigenvalue weighted by Crippen LogP contribution is 2.32. The number of nitrogens with one attached hydrogen (secondary N) is 1. The van der Waals surface area contributed by atoms with Crippen molar-refractivity contribution in [2.75, 3.05) is 21.2 Å². The molecule has 1 aromatic rings. The van der Waals surface area contributed by atoms with Gasteiger partial charge in [0.1, 0.15) is 5.75 Å². The summed E-state index contributed by atoms with van der Waals surface area (Å²) in [7, 11) is 5.27. The van der Waals surface area contributed by atoms with Gasteiger partial charge in [-0.15, -0.1) is 0 Å². The van der Waals surface area contributed by atoms with Crippen LogP contribution >= 0.6 is 0 Å². The first-order valence-electron chi connectivity index (χ1n) is 6.38. The largest absolute Gasteiger partial charge is 0.496 e. The van der Waals surface area contributed by atoms with Crippen LogP contribution in [0.2, 0.25) is 0 Å². The van der Waals surface area contributed by atoms with Crippen LogP contribution in [0.25, 0.3) is 0 Å². The Labute approximate surface area is 115 Å². The molecule has 1 aromatic carbocycles. The summed E-state index contributed by atoms with van der Waals surface area (Å²) in [6, 6.07) is 5.91. The lowest BCUT2D eigenvalue weighted by atomic mass is 9.85. The molecule has 1 N–H and O–H groups in total. The summed E-state index contributed by atoms with van der Waals surface area (Å²) < 4.78 is 5.39. The summed E-state index contributed by atoms with van der Waals surface area (Å²) in [4.78, 5) is 11.8. The van der Waals surface area contributed by atoms with Gasteiger partial charge in [0, 0.05) is 14.1 Å². The first-order valence-corrected chi connectivity index (χ1v) is 6.38. The van der Waals surface area contributed by atoms with Gasteiger partial charge in [-0.3, -0.25) is 10.2 Å². The minimum Gasteiger partial charge on any atom is -0.496 e. The maximum atomic E-state index is 11.8. The SMILES string of the molecule is COc1ccc(CC(=O)NN(C)C)cc1C(C)(C)C. The summed E-state index contributed by atoms with van der Waals surface area (Å²) in [6.45, 7) is 6.40. The first kappa shape index (κ1) is 15.5. The fourth-order valence-corrected chi connectivity index (χ4v) is 1.93. The Morgan fingerprint density at radius 2 is 1.95 bits per heavy atom. The standard InChI is InChI=1S/C15H24N2O2/c1-15(2,3)12-9-11(7-8-13(12)19-6)10-14(18)16-17(4)5/h7-9H,10H2,1-6H3,(H,16,18). The van der Waals surface area contributed by atoms with Crippen LogP contribution in [-0.4, -0.2) is 32.1 Å². The van der Waals surface area contributed by atoms with Crippen LogP contribution in [0.4, 0.5) is 0 Å². The molecule has 0 saturated heterocycles. The quantitative estimate of drug-likeness (QED) is 0.847. The maximum Gasteiger partial charge on any atom is 0.238 e. The van der Waals surface area contributed by atoms with E-state index in [9.17, 15) is 4.79 Å². The van der Waals surface area contributed by atoms with Crippen LogP contribution < -0.4 is 10.2 Å². The minimum absolute atomic E-state index is 0.0145. The second-order valence-electron chi connectivity index (χ2n) is 5.89. The number of hydrazine groups is 1. The second-order valence-corrected chi connectivity index (χ2v) is 5.89. The molecule has 106 valence electrons. The minimum atomic E-state index is -0.0185. The topological polar surface area (TPSA) is 41.6 Å². The summed E-state index contributed by atoms with van der Waals surface area (Å²) in [5.74, 6) is 0.847. The molecule has 0 unspecified atom stereocenters. The van der Waals surface area contributed by atoms with Crippen molar-refractivity contribution in [3.63, 3.8) is 0 Å². The van der Waals surface area contributed by atoms with Gasteiger partial charge < -0.3 is 4.74 Å². The molecule has 0 atom stereocenters. The van der Waals surface area contributed by atoms with Crippen molar-refractivity contribution in [3.05, 3.63) is 29.3 Å². The van der Waals surface area contributed by atoms with Gasteiger partial charge in [0.25, 0.3) is 0 Å². The number of nitrogens with zero attached hydrogens (tertiary/aromatic N) is 1. The van der Waals surface area contributed by atoms with Gasteiger partial charge >= 0.3 is 0 Å². The van der Waals surface area contributed by atoms with Crippen LogP contribution in [0.15, 0.2) is 18.2 Å². The summed E-state index contributed by atoms with van der Waals surface area (Å²) in [5, 5.41) is 1.65. The number of rotatable bonds is 4. The van der Waals surface area contributed by atoms with Gasteiger partial charge in [-0.1, -0.05) is 32.9 Å². The molecule has 0 aliphatic heterocycles. The Balaban J connectivity index is 2.96. The molecular weight excluding hydrogens is 240 g/mol. The summed E-state index contributed by atoms with van der Waals surface area (Å²) in [6.07, 6.45) is 0.366. The van der Waals surface area contributed by atoms with E-state index in [1.165, 1.54) is 0 Å². The molecule has 0 bridgehead atoms. The molecule has 0 aliphatic carbocycles. The predicted octanol–water partition coefficient (Wildman–Crippen LogP) is 2.13. The molecule has 0 aliphatic rings. The number of carbonyl (C=O) groups excluding carboxylic acids is 1. The van der Waals surface area contributed by atoms with Crippen molar-refractivity contribution in [3.8, 4) is 5.75 Å². The number of amides is 1. The third kappa shape index (κ3) is 4.56. The molecule has 19 heavy (non-hydrogen) atoms. The lowest BCUT2D eigenvalue weighted by molar-refractivity contribution is -0.124. The van der Waals surface area contributed by atoms with Gasteiger partial charge in [-0.25, -0.2) is 5.01 Å². The van der Waals surface area contributed by atoms with E-state index < -0.39 is 0 Å². The van der Waals surface area contributed by atoms with Crippen LogP contribution in [-0.2, 0) is 16.6 Å². The molecule has 1 amide bonds. The third-order valence-electron chi connectivity index (χ3n) is 2.78. The van der Waals surface area contributed by atoms with Crippen molar-refractivity contribution in [2.45, 2.75) is 32.6 Å². The lowest BCUT2D eigenvalue weighted by Gasteiger charge is -2.23. The summed E-state index contributed by atoms with van der Waals surface area (Å²) >= 11 is 0. The van der Waals surface area contributed by atoms with Gasteiger partial charge in [0.2, 0.25) is 5.91 Å². The van der Waals surface area contributed by atoms with Crippen LogP contribution in [0.1, 0.15) is 31.9 Å². The zero-order valence-electron chi connectivity index (χ0n) is 12.7. The number of carbonyl (C=O) groups is 1. The zero-order chi connectivity index (χ0) is 14.6. The highest BCUT2D eigenvalue weighted by atomic mass is 16.5. The molecule has 1 rings (SSSR count). The number of hydrogen-bond acceptors (Lipinski definition) is 3. The average molecular weight is 264 g/mol. The number of benzene rings is 1. The molecule has 0 saturated carbocycles. The Kier molecular flexibility index (Phi) is 4.95. The highest BCUT2D eigenvalue weighted by molar-refractivity contribution is 5.78.